The van der Waals surface area contributed by atoms with Gasteiger partial charge in [0.1, 0.15) is 17.8 Å². The fourth-order valence-electron chi connectivity index (χ4n) is 2.47. The highest BCUT2D eigenvalue weighted by Crippen LogP contribution is 2.66. The first-order chi connectivity index (χ1) is 13.8. The number of aliphatic hydroxyl groups excluding tert-OH is 1. The van der Waals surface area contributed by atoms with Crippen molar-refractivity contribution in [2.24, 2.45) is 0 Å². The molecule has 1 aliphatic rings. The van der Waals surface area contributed by atoms with Gasteiger partial charge in [-0.15, -0.1) is 0 Å². The zero-order valence-electron chi connectivity index (χ0n) is 15.2. The van der Waals surface area contributed by atoms with Crippen LogP contribution in [0.4, 0.5) is 10.2 Å². The molecule has 0 saturated carbocycles. The average molecular weight is 531 g/mol. The second-order valence-corrected chi connectivity index (χ2v) is 11.0. The third-order valence-electron chi connectivity index (χ3n) is 3.76. The number of rotatable bonds is 8. The Bertz CT molecular complexity index is 1050. The van der Waals surface area contributed by atoms with Crippen molar-refractivity contribution in [3.05, 3.63) is 16.8 Å². The predicted octanol–water partition coefficient (Wildman–Crippen LogP) is -0.314. The van der Waals surface area contributed by atoms with Gasteiger partial charge in [-0.25, -0.2) is 18.1 Å². The van der Waals surface area contributed by atoms with Crippen molar-refractivity contribution < 1.29 is 65.8 Å². The third kappa shape index (κ3) is 6.66. The van der Waals surface area contributed by atoms with Crippen molar-refractivity contribution in [2.45, 2.75) is 31.0 Å². The first kappa shape index (κ1) is 26.6. The zero-order chi connectivity index (χ0) is 24.0. The predicted molar refractivity (Wildman–Crippen MR) is 97.8 cm³/mol. The van der Waals surface area contributed by atoms with Crippen LogP contribution in [0, 0.1) is 10.6 Å². The molecule has 0 amide bonds. The van der Waals surface area contributed by atoms with E-state index in [4.69, 9.17) is 37.4 Å². The van der Waals surface area contributed by atoms with Gasteiger partial charge < -0.3 is 40.3 Å². The lowest BCUT2D eigenvalue weighted by Crippen LogP contribution is -2.44. The molecule has 8 N–H and O–H groups in total. The molecule has 1 saturated heterocycles. The number of hydrogen-bond acceptors (Lipinski definition) is 12. The number of hydrogen-bond donors (Lipinski definition) is 7. The SMILES string of the molecule is C[C@@]1(O)C(O)[C@@H](COP(=O)(O)OP(=O)(O)OP(=O)(O)O)O[C@H]1n1cc(F)c(N)nc1=S. The molecule has 0 aromatic carbocycles. The van der Waals surface area contributed by atoms with Crippen LogP contribution in [0.3, 0.4) is 0 Å². The number of halogens is 1. The summed E-state index contributed by atoms with van der Waals surface area (Å²) in [6, 6.07) is 0. The summed E-state index contributed by atoms with van der Waals surface area (Å²) in [4.78, 5) is 39.0. The Kier molecular flexibility index (Phi) is 7.65. The molecule has 2 rings (SSSR count). The van der Waals surface area contributed by atoms with Crippen LogP contribution < -0.4 is 5.73 Å². The van der Waals surface area contributed by atoms with Crippen molar-refractivity contribution in [3.8, 4) is 0 Å². The van der Waals surface area contributed by atoms with Gasteiger partial charge in [0.05, 0.1) is 6.61 Å². The Labute approximate surface area is 177 Å². The van der Waals surface area contributed by atoms with E-state index >= 15 is 0 Å². The van der Waals surface area contributed by atoms with Crippen LogP contribution >= 0.6 is 35.7 Å². The lowest BCUT2D eigenvalue weighted by molar-refractivity contribution is -0.0980. The summed E-state index contributed by atoms with van der Waals surface area (Å²) in [5.74, 6) is -1.57. The highest BCUT2D eigenvalue weighted by molar-refractivity contribution is 7.71. The molecule has 2 heterocycles. The Morgan fingerprint density at radius 3 is 2.42 bits per heavy atom. The number of aliphatic hydroxyl groups is 2. The molecule has 1 aromatic heterocycles. The zero-order valence-corrected chi connectivity index (χ0v) is 18.7. The van der Waals surface area contributed by atoms with Crippen molar-refractivity contribution in [3.63, 3.8) is 0 Å². The quantitative estimate of drug-likeness (QED) is 0.168. The number of anilines is 1. The van der Waals surface area contributed by atoms with Crippen LogP contribution in [0.5, 0.6) is 0 Å². The first-order valence-corrected chi connectivity index (χ1v) is 12.7. The van der Waals surface area contributed by atoms with Gasteiger partial charge in [0, 0.05) is 6.20 Å². The molecule has 16 nitrogen and oxygen atoms in total. The summed E-state index contributed by atoms with van der Waals surface area (Å²) in [6.07, 6.45) is -4.28. The molecular weight excluding hydrogens is 514 g/mol. The van der Waals surface area contributed by atoms with Crippen molar-refractivity contribution in [2.75, 3.05) is 12.3 Å². The van der Waals surface area contributed by atoms with Crippen LogP contribution in [-0.2, 0) is 31.6 Å². The number of nitrogen functional groups attached to an aromatic ring is 1. The molecular formula is C10H17FN3O13P3S. The molecule has 3 unspecified atom stereocenters. The Morgan fingerprint density at radius 1 is 1.29 bits per heavy atom. The maximum Gasteiger partial charge on any atom is 0.490 e. The summed E-state index contributed by atoms with van der Waals surface area (Å²) in [5, 5.41) is 20.8. The van der Waals surface area contributed by atoms with E-state index in [2.05, 4.69) is 18.1 Å². The van der Waals surface area contributed by atoms with Gasteiger partial charge in [-0.3, -0.25) is 9.09 Å². The highest BCUT2D eigenvalue weighted by atomic mass is 32.1. The molecule has 0 spiro atoms. The monoisotopic (exact) mass is 531 g/mol. The molecule has 1 aromatic rings. The number of phosphoric acid groups is 3. The molecule has 21 heteroatoms. The molecule has 1 fully saturated rings. The maximum atomic E-state index is 13.8. The van der Waals surface area contributed by atoms with Crippen molar-refractivity contribution in [1.29, 1.82) is 0 Å². The second kappa shape index (κ2) is 8.93. The maximum absolute atomic E-state index is 13.8. The standard InChI is InChI=1S/C10H17FN3O13P3S/c1-10(16)6(15)5(25-8(10)14-2-4(11)7(12)13-9(14)31)3-24-29(20,21)27-30(22,23)26-28(17,18)19/h2,5-6,8,15-16H,3H2,1H3,(H,20,21)(H,22,23)(H2,12,13,31)(H2,17,18,19)/t5-,6?,8-,10-/m1/s1. The van der Waals surface area contributed by atoms with Gasteiger partial charge in [0.2, 0.25) is 4.77 Å². The second-order valence-electron chi connectivity index (χ2n) is 6.25. The van der Waals surface area contributed by atoms with E-state index in [1.165, 1.54) is 0 Å². The average Bonchev–Trinajstić information content (AvgIpc) is 2.76. The fraction of sp³-hybridized carbons (Fsp3) is 0.600. The smallest absolute Gasteiger partial charge is 0.387 e. The largest absolute Gasteiger partial charge is 0.490 e. The van der Waals surface area contributed by atoms with E-state index in [1.807, 2.05) is 0 Å². The topological polar surface area (TPSA) is 253 Å². The molecule has 31 heavy (non-hydrogen) atoms. The summed E-state index contributed by atoms with van der Waals surface area (Å²) in [5.41, 5.74) is 3.11. The normalized spacial score (nSPS) is 30.6. The minimum absolute atomic E-state index is 0.343. The van der Waals surface area contributed by atoms with E-state index in [0.717, 1.165) is 17.7 Å². The molecule has 178 valence electrons. The van der Waals surface area contributed by atoms with Gasteiger partial charge in [-0.05, 0) is 19.1 Å². The van der Waals surface area contributed by atoms with Gasteiger partial charge in [-0.2, -0.15) is 13.6 Å². The summed E-state index contributed by atoms with van der Waals surface area (Å²) in [7, 11) is -16.8. The number of ether oxygens (including phenoxy) is 1. The summed E-state index contributed by atoms with van der Waals surface area (Å²) < 4.78 is 64.7. The number of aromatic nitrogens is 2. The fourth-order valence-corrected chi connectivity index (χ4v) is 5.75. The number of phosphoric ester groups is 1. The van der Waals surface area contributed by atoms with E-state index in [0.29, 0.717) is 0 Å². The molecule has 0 aliphatic carbocycles. The van der Waals surface area contributed by atoms with Crippen molar-refractivity contribution in [1.82, 2.24) is 9.55 Å². The van der Waals surface area contributed by atoms with Crippen LogP contribution in [-0.4, -0.2) is 63.8 Å². The Morgan fingerprint density at radius 2 is 1.87 bits per heavy atom. The van der Waals surface area contributed by atoms with E-state index in [-0.39, 0.29) is 4.77 Å². The van der Waals surface area contributed by atoms with Gasteiger partial charge >= 0.3 is 23.5 Å². The third-order valence-corrected chi connectivity index (χ3v) is 7.86. The van der Waals surface area contributed by atoms with Crippen LogP contribution in [0.2, 0.25) is 0 Å². The molecule has 1 aliphatic heterocycles. The Hall–Kier alpha value is -0.680. The lowest BCUT2D eigenvalue weighted by atomic mass is 9.96. The van der Waals surface area contributed by atoms with Crippen LogP contribution in [0.1, 0.15) is 13.2 Å². The summed E-state index contributed by atoms with van der Waals surface area (Å²) in [6.45, 7) is -0.00108. The Balaban J connectivity index is 2.16. The van der Waals surface area contributed by atoms with Gasteiger partial charge in [0.15, 0.2) is 17.9 Å². The number of nitrogens with two attached hydrogens (primary N) is 1. The molecule has 0 bridgehead atoms. The van der Waals surface area contributed by atoms with Gasteiger partial charge in [0.25, 0.3) is 0 Å². The minimum atomic E-state index is -5.75. The van der Waals surface area contributed by atoms with Crippen LogP contribution in [0.25, 0.3) is 0 Å². The highest BCUT2D eigenvalue weighted by Gasteiger charge is 2.54. The van der Waals surface area contributed by atoms with Gasteiger partial charge in [-0.1, -0.05) is 0 Å². The van der Waals surface area contributed by atoms with E-state index in [9.17, 15) is 33.2 Å². The number of nitrogens with zero attached hydrogens (tertiary/aromatic N) is 2. The van der Waals surface area contributed by atoms with Crippen molar-refractivity contribution >= 4 is 41.5 Å². The summed E-state index contributed by atoms with van der Waals surface area (Å²) >= 11 is 4.90. The first-order valence-electron chi connectivity index (χ1n) is 7.73. The molecule has 0 radical (unpaired) electrons. The lowest BCUT2D eigenvalue weighted by Gasteiger charge is -2.28. The minimum Gasteiger partial charge on any atom is -0.387 e. The molecule has 6 atom stereocenters. The van der Waals surface area contributed by atoms with E-state index < -0.39 is 65.7 Å². The van der Waals surface area contributed by atoms with E-state index in [1.54, 1.807) is 0 Å². The van der Waals surface area contributed by atoms with Crippen LogP contribution in [0.15, 0.2) is 6.20 Å².